The molecule has 1 saturated carbocycles. The van der Waals surface area contributed by atoms with Crippen molar-refractivity contribution < 1.29 is 13.9 Å². The van der Waals surface area contributed by atoms with E-state index < -0.39 is 5.41 Å². The second kappa shape index (κ2) is 3.58. The van der Waals surface area contributed by atoms with Crippen molar-refractivity contribution in [2.24, 2.45) is 5.41 Å². The predicted molar refractivity (Wildman–Crippen MR) is 59.0 cm³/mol. The molecule has 1 aromatic carbocycles. The summed E-state index contributed by atoms with van der Waals surface area (Å²) in [6, 6.07) is 4.42. The fraction of sp³-hybridized carbons (Fsp3) is 0.462. The minimum absolute atomic E-state index is 0.0934. The number of rotatable bonds is 2. The molecule has 0 amide bonds. The molecule has 0 N–H and O–H groups in total. The fourth-order valence-electron chi connectivity index (χ4n) is 1.82. The van der Waals surface area contributed by atoms with E-state index in [9.17, 15) is 9.18 Å². The van der Waals surface area contributed by atoms with Gasteiger partial charge < -0.3 is 4.74 Å². The Labute approximate surface area is 94.4 Å². The average molecular weight is 222 g/mol. The summed E-state index contributed by atoms with van der Waals surface area (Å²) >= 11 is 0. The Morgan fingerprint density at radius 2 is 2.12 bits per heavy atom. The molecular formula is C13H15FO2. The summed E-state index contributed by atoms with van der Waals surface area (Å²) < 4.78 is 18.6. The maximum Gasteiger partial charge on any atom is 0.145 e. The number of carbonyl (C=O) groups is 1. The highest BCUT2D eigenvalue weighted by Crippen LogP contribution is 2.39. The van der Waals surface area contributed by atoms with Crippen molar-refractivity contribution in [3.63, 3.8) is 0 Å². The van der Waals surface area contributed by atoms with Gasteiger partial charge in [-0.3, -0.25) is 4.79 Å². The number of benzene rings is 1. The summed E-state index contributed by atoms with van der Waals surface area (Å²) in [7, 11) is 0. The zero-order valence-electron chi connectivity index (χ0n) is 9.71. The van der Waals surface area contributed by atoms with Gasteiger partial charge in [-0.15, -0.1) is 0 Å². The molecule has 0 radical (unpaired) electrons. The van der Waals surface area contributed by atoms with Crippen LogP contribution in [0.3, 0.4) is 0 Å². The van der Waals surface area contributed by atoms with Crippen LogP contribution in [0.4, 0.5) is 4.39 Å². The van der Waals surface area contributed by atoms with E-state index >= 15 is 0 Å². The van der Waals surface area contributed by atoms with Crippen molar-refractivity contribution in [3.8, 4) is 5.75 Å². The van der Waals surface area contributed by atoms with E-state index in [4.69, 9.17) is 4.74 Å². The van der Waals surface area contributed by atoms with Gasteiger partial charge in [-0.05, 0) is 44.5 Å². The van der Waals surface area contributed by atoms with Crippen molar-refractivity contribution in [2.75, 3.05) is 0 Å². The van der Waals surface area contributed by atoms with E-state index in [1.807, 2.05) is 13.8 Å². The highest BCUT2D eigenvalue weighted by molar-refractivity contribution is 5.91. The molecule has 1 aliphatic carbocycles. The van der Waals surface area contributed by atoms with E-state index in [0.29, 0.717) is 12.2 Å². The monoisotopic (exact) mass is 222 g/mol. The molecule has 0 heterocycles. The van der Waals surface area contributed by atoms with E-state index in [0.717, 1.165) is 5.56 Å². The number of Topliss-reactive ketones (excluding diaryl/α,β-unsaturated/α-hetero) is 1. The Bertz CT molecular complexity index is 438. The van der Waals surface area contributed by atoms with Crippen LogP contribution in [0.25, 0.3) is 0 Å². The second-order valence-corrected chi connectivity index (χ2v) is 4.87. The topological polar surface area (TPSA) is 26.3 Å². The number of hydrogen-bond acceptors (Lipinski definition) is 2. The highest BCUT2D eigenvalue weighted by Gasteiger charge is 2.49. The molecule has 0 saturated heterocycles. The van der Waals surface area contributed by atoms with Gasteiger partial charge in [0.15, 0.2) is 0 Å². The minimum atomic E-state index is -0.416. The van der Waals surface area contributed by atoms with Gasteiger partial charge in [0.25, 0.3) is 0 Å². The van der Waals surface area contributed by atoms with E-state index in [-0.39, 0.29) is 17.7 Å². The van der Waals surface area contributed by atoms with Gasteiger partial charge in [-0.1, -0.05) is 0 Å². The second-order valence-electron chi connectivity index (χ2n) is 4.87. The first-order valence-corrected chi connectivity index (χ1v) is 5.37. The first-order valence-electron chi connectivity index (χ1n) is 5.37. The number of ether oxygens (including phenoxy) is 1. The normalized spacial score (nSPS) is 22.8. The summed E-state index contributed by atoms with van der Waals surface area (Å²) in [5.74, 6) is 0.609. The molecule has 1 aromatic rings. The largest absolute Gasteiger partial charge is 0.489 e. The summed E-state index contributed by atoms with van der Waals surface area (Å²) in [5.41, 5.74) is 0.344. The molecule has 3 heteroatoms. The Kier molecular flexibility index (Phi) is 2.49. The Morgan fingerprint density at radius 1 is 1.44 bits per heavy atom. The molecule has 0 bridgehead atoms. The van der Waals surface area contributed by atoms with Crippen LogP contribution in [0, 0.1) is 18.2 Å². The van der Waals surface area contributed by atoms with Crippen LogP contribution in [0.1, 0.15) is 25.8 Å². The van der Waals surface area contributed by atoms with Crippen LogP contribution in [-0.2, 0) is 4.79 Å². The smallest absolute Gasteiger partial charge is 0.145 e. The molecule has 2 nitrogen and oxygen atoms in total. The molecule has 1 aliphatic rings. The predicted octanol–water partition coefficient (Wildman–Crippen LogP) is 2.88. The van der Waals surface area contributed by atoms with Crippen molar-refractivity contribution in [1.82, 2.24) is 0 Å². The van der Waals surface area contributed by atoms with Crippen LogP contribution in [0.5, 0.6) is 5.75 Å². The number of hydrogen-bond donors (Lipinski definition) is 0. The van der Waals surface area contributed by atoms with Crippen LogP contribution in [0.2, 0.25) is 0 Å². The van der Waals surface area contributed by atoms with Gasteiger partial charge in [0.1, 0.15) is 23.5 Å². The van der Waals surface area contributed by atoms with Crippen LogP contribution in [-0.4, -0.2) is 11.9 Å². The molecule has 86 valence electrons. The third-order valence-corrected chi connectivity index (χ3v) is 3.30. The Morgan fingerprint density at radius 3 is 2.62 bits per heavy atom. The zero-order chi connectivity index (χ0) is 11.9. The van der Waals surface area contributed by atoms with Crippen molar-refractivity contribution >= 4 is 5.78 Å². The maximum atomic E-state index is 12.9. The minimum Gasteiger partial charge on any atom is -0.489 e. The highest BCUT2D eigenvalue weighted by atomic mass is 19.1. The summed E-state index contributed by atoms with van der Waals surface area (Å²) in [6.07, 6.45) is 0.355. The lowest BCUT2D eigenvalue weighted by atomic mass is 9.68. The molecule has 1 fully saturated rings. The lowest BCUT2D eigenvalue weighted by Gasteiger charge is -2.42. The number of aryl methyl sites for hydroxylation is 1. The summed E-state index contributed by atoms with van der Waals surface area (Å²) in [5, 5.41) is 0. The van der Waals surface area contributed by atoms with Gasteiger partial charge in [-0.2, -0.15) is 0 Å². The zero-order valence-corrected chi connectivity index (χ0v) is 9.71. The molecule has 0 aromatic heterocycles. The average Bonchev–Trinajstić information content (AvgIpc) is 2.21. The van der Waals surface area contributed by atoms with Crippen molar-refractivity contribution in [3.05, 3.63) is 29.6 Å². The van der Waals surface area contributed by atoms with Gasteiger partial charge in [-0.25, -0.2) is 4.39 Å². The Hall–Kier alpha value is -1.38. The molecule has 0 aliphatic heterocycles. The van der Waals surface area contributed by atoms with E-state index in [1.54, 1.807) is 13.0 Å². The molecule has 2 rings (SSSR count). The lowest BCUT2D eigenvalue weighted by molar-refractivity contribution is -0.148. The first kappa shape index (κ1) is 11.1. The van der Waals surface area contributed by atoms with Crippen molar-refractivity contribution in [1.29, 1.82) is 0 Å². The van der Waals surface area contributed by atoms with Gasteiger partial charge >= 0.3 is 0 Å². The maximum absolute atomic E-state index is 12.9. The SMILES string of the molecule is Cc1cc(F)ccc1OC1CC(=O)C1(C)C. The van der Waals surface area contributed by atoms with Crippen LogP contribution >= 0.6 is 0 Å². The van der Waals surface area contributed by atoms with Crippen LogP contribution < -0.4 is 4.74 Å². The number of halogens is 1. The molecule has 1 atom stereocenters. The van der Waals surface area contributed by atoms with Crippen molar-refractivity contribution in [2.45, 2.75) is 33.3 Å². The lowest BCUT2D eigenvalue weighted by Crippen LogP contribution is -2.53. The fourth-order valence-corrected chi connectivity index (χ4v) is 1.82. The van der Waals surface area contributed by atoms with Gasteiger partial charge in [0.05, 0.1) is 5.41 Å². The van der Waals surface area contributed by atoms with E-state index in [1.165, 1.54) is 12.1 Å². The quantitative estimate of drug-likeness (QED) is 0.769. The molecular weight excluding hydrogens is 207 g/mol. The number of ketones is 1. The molecule has 16 heavy (non-hydrogen) atoms. The van der Waals surface area contributed by atoms with Gasteiger partial charge in [0, 0.05) is 6.42 Å². The number of carbonyl (C=O) groups excluding carboxylic acids is 1. The van der Waals surface area contributed by atoms with Crippen LogP contribution in [0.15, 0.2) is 18.2 Å². The first-order chi connectivity index (χ1) is 7.41. The summed E-state index contributed by atoms with van der Waals surface area (Å²) in [4.78, 5) is 11.4. The molecule has 1 unspecified atom stereocenters. The third-order valence-electron chi connectivity index (χ3n) is 3.30. The summed E-state index contributed by atoms with van der Waals surface area (Å²) in [6.45, 7) is 5.55. The Balaban J connectivity index is 2.14. The van der Waals surface area contributed by atoms with E-state index in [2.05, 4.69) is 0 Å². The third kappa shape index (κ3) is 1.70. The standard InChI is InChI=1S/C13H15FO2/c1-8-6-9(14)4-5-10(8)16-12-7-11(15)13(12,2)3/h4-6,12H,7H2,1-3H3. The molecule has 0 spiro atoms. The van der Waals surface area contributed by atoms with Gasteiger partial charge in [0.2, 0.25) is 0 Å².